The summed E-state index contributed by atoms with van der Waals surface area (Å²) in [7, 11) is 3.31. The summed E-state index contributed by atoms with van der Waals surface area (Å²) in [6, 6.07) is 13.0. The molecule has 0 amide bonds. The summed E-state index contributed by atoms with van der Waals surface area (Å²) in [6.07, 6.45) is 3.76. The van der Waals surface area contributed by atoms with E-state index in [9.17, 15) is 4.39 Å². The van der Waals surface area contributed by atoms with E-state index in [1.54, 1.807) is 20.4 Å². The van der Waals surface area contributed by atoms with Gasteiger partial charge < -0.3 is 19.7 Å². The first-order valence-corrected chi connectivity index (χ1v) is 9.45. The number of fused-ring (bicyclic) bond motifs is 1. The van der Waals surface area contributed by atoms with Crippen LogP contribution in [0.5, 0.6) is 11.5 Å². The smallest absolute Gasteiger partial charge is 0.125 e. The van der Waals surface area contributed by atoms with Gasteiger partial charge in [0.2, 0.25) is 0 Å². The Morgan fingerprint density at radius 3 is 2.39 bits per heavy atom. The van der Waals surface area contributed by atoms with Crippen LogP contribution in [0.3, 0.4) is 0 Å². The first-order valence-electron chi connectivity index (χ1n) is 9.45. The van der Waals surface area contributed by atoms with Gasteiger partial charge in [0, 0.05) is 66.4 Å². The van der Waals surface area contributed by atoms with E-state index >= 15 is 0 Å². The summed E-state index contributed by atoms with van der Waals surface area (Å²) >= 11 is 0. The van der Waals surface area contributed by atoms with Crippen LogP contribution in [0.2, 0.25) is 0 Å². The number of benzene rings is 2. The van der Waals surface area contributed by atoms with Crippen molar-refractivity contribution in [2.75, 3.05) is 37.5 Å². The molecule has 0 atom stereocenters. The Morgan fingerprint density at radius 2 is 1.71 bits per heavy atom. The van der Waals surface area contributed by atoms with Crippen LogP contribution in [0.1, 0.15) is 12.8 Å². The third kappa shape index (κ3) is 3.81. The van der Waals surface area contributed by atoms with Crippen LogP contribution in [0.4, 0.5) is 15.8 Å². The third-order valence-electron chi connectivity index (χ3n) is 5.24. The van der Waals surface area contributed by atoms with Gasteiger partial charge in [-0.3, -0.25) is 4.98 Å². The summed E-state index contributed by atoms with van der Waals surface area (Å²) in [5.41, 5.74) is 2.81. The summed E-state index contributed by atoms with van der Waals surface area (Å²) in [4.78, 5) is 6.65. The number of nitrogens with one attached hydrogen (secondary N) is 1. The van der Waals surface area contributed by atoms with Crippen molar-refractivity contribution in [1.82, 2.24) is 4.98 Å². The Morgan fingerprint density at radius 1 is 1.00 bits per heavy atom. The molecule has 146 valence electrons. The van der Waals surface area contributed by atoms with Crippen LogP contribution >= 0.6 is 0 Å². The SMILES string of the molecule is COc1cc(NC2CCN(c3ccnc4cc(F)ccc34)CC2)cc(OC)c1. The number of halogens is 1. The van der Waals surface area contributed by atoms with Gasteiger partial charge in [0.25, 0.3) is 0 Å². The molecule has 1 fully saturated rings. The molecule has 3 aromatic rings. The fourth-order valence-corrected chi connectivity index (χ4v) is 3.77. The molecule has 1 aliphatic heterocycles. The molecule has 0 bridgehead atoms. The molecular formula is C22H24FN3O2. The maximum absolute atomic E-state index is 13.5. The fourth-order valence-electron chi connectivity index (χ4n) is 3.77. The Bertz CT molecular complexity index is 949. The lowest BCUT2D eigenvalue weighted by Crippen LogP contribution is -2.39. The Hall–Kier alpha value is -3.02. The van der Waals surface area contributed by atoms with Gasteiger partial charge in [0.1, 0.15) is 17.3 Å². The number of anilines is 2. The Balaban J connectivity index is 1.46. The minimum Gasteiger partial charge on any atom is -0.497 e. The lowest BCUT2D eigenvalue weighted by Gasteiger charge is -2.35. The zero-order chi connectivity index (χ0) is 19.5. The van der Waals surface area contributed by atoms with Crippen molar-refractivity contribution in [3.8, 4) is 11.5 Å². The number of rotatable bonds is 5. The first kappa shape index (κ1) is 18.3. The standard InChI is InChI=1S/C22H24FN3O2/c1-27-18-12-17(13-19(14-18)28-2)25-16-6-9-26(10-7-16)22-5-8-24-21-11-15(23)3-4-20(21)22/h3-5,8,11-14,16,25H,6-7,9-10H2,1-2H3. The summed E-state index contributed by atoms with van der Waals surface area (Å²) < 4.78 is 24.2. The molecule has 1 aliphatic rings. The van der Waals surface area contributed by atoms with E-state index in [-0.39, 0.29) is 5.82 Å². The number of hydrogen-bond donors (Lipinski definition) is 1. The molecule has 2 aromatic carbocycles. The predicted molar refractivity (Wildman–Crippen MR) is 110 cm³/mol. The second-order valence-corrected chi connectivity index (χ2v) is 7.00. The number of nitrogens with zero attached hydrogens (tertiary/aromatic N) is 2. The molecule has 0 aliphatic carbocycles. The van der Waals surface area contributed by atoms with E-state index in [1.165, 1.54) is 12.1 Å². The maximum atomic E-state index is 13.5. The maximum Gasteiger partial charge on any atom is 0.125 e. The fraction of sp³-hybridized carbons (Fsp3) is 0.318. The van der Waals surface area contributed by atoms with Crippen molar-refractivity contribution in [1.29, 1.82) is 0 Å². The highest BCUT2D eigenvalue weighted by atomic mass is 19.1. The Kier molecular flexibility index (Phi) is 5.19. The number of pyridine rings is 1. The molecule has 1 aromatic heterocycles. The predicted octanol–water partition coefficient (Wildman–Crippen LogP) is 4.47. The van der Waals surface area contributed by atoms with Crippen molar-refractivity contribution >= 4 is 22.3 Å². The van der Waals surface area contributed by atoms with Gasteiger partial charge in [0.05, 0.1) is 19.7 Å². The molecular weight excluding hydrogens is 357 g/mol. The quantitative estimate of drug-likeness (QED) is 0.706. The van der Waals surface area contributed by atoms with E-state index in [0.29, 0.717) is 11.6 Å². The van der Waals surface area contributed by atoms with E-state index in [1.807, 2.05) is 30.3 Å². The van der Waals surface area contributed by atoms with Crippen molar-refractivity contribution < 1.29 is 13.9 Å². The topological polar surface area (TPSA) is 46.6 Å². The number of methoxy groups -OCH3 is 2. The number of aromatic nitrogens is 1. The van der Waals surface area contributed by atoms with E-state index in [0.717, 1.165) is 54.2 Å². The minimum atomic E-state index is -0.256. The minimum absolute atomic E-state index is 0.256. The average Bonchev–Trinajstić information content (AvgIpc) is 2.73. The average molecular weight is 381 g/mol. The number of ether oxygens (including phenoxy) is 2. The molecule has 4 rings (SSSR count). The van der Waals surface area contributed by atoms with Gasteiger partial charge in [-0.25, -0.2) is 4.39 Å². The van der Waals surface area contributed by atoms with Gasteiger partial charge in [0.15, 0.2) is 0 Å². The number of piperidine rings is 1. The zero-order valence-electron chi connectivity index (χ0n) is 16.1. The second kappa shape index (κ2) is 7.92. The van der Waals surface area contributed by atoms with Crippen LogP contribution in [0.25, 0.3) is 10.9 Å². The van der Waals surface area contributed by atoms with Crippen molar-refractivity contribution in [2.45, 2.75) is 18.9 Å². The summed E-state index contributed by atoms with van der Waals surface area (Å²) in [6.45, 7) is 1.85. The van der Waals surface area contributed by atoms with E-state index in [4.69, 9.17) is 9.47 Å². The van der Waals surface area contributed by atoms with E-state index < -0.39 is 0 Å². The van der Waals surface area contributed by atoms with Gasteiger partial charge in [-0.1, -0.05) is 0 Å². The summed E-state index contributed by atoms with van der Waals surface area (Å²) in [5, 5.41) is 4.59. The normalized spacial score (nSPS) is 14.9. The molecule has 28 heavy (non-hydrogen) atoms. The van der Waals surface area contributed by atoms with Crippen LogP contribution in [0, 0.1) is 5.82 Å². The van der Waals surface area contributed by atoms with Crippen LogP contribution < -0.4 is 19.7 Å². The molecule has 0 saturated carbocycles. The van der Waals surface area contributed by atoms with Crippen LogP contribution in [-0.2, 0) is 0 Å². The second-order valence-electron chi connectivity index (χ2n) is 7.00. The molecule has 5 nitrogen and oxygen atoms in total. The largest absolute Gasteiger partial charge is 0.497 e. The molecule has 0 spiro atoms. The first-order chi connectivity index (χ1) is 13.7. The molecule has 2 heterocycles. The highest BCUT2D eigenvalue weighted by molar-refractivity contribution is 5.91. The summed E-state index contributed by atoms with van der Waals surface area (Å²) in [5.74, 6) is 1.29. The molecule has 1 saturated heterocycles. The van der Waals surface area contributed by atoms with E-state index in [2.05, 4.69) is 15.2 Å². The third-order valence-corrected chi connectivity index (χ3v) is 5.24. The highest BCUT2D eigenvalue weighted by Crippen LogP contribution is 2.30. The molecule has 1 N–H and O–H groups in total. The number of hydrogen-bond acceptors (Lipinski definition) is 5. The van der Waals surface area contributed by atoms with Crippen LogP contribution in [0.15, 0.2) is 48.7 Å². The van der Waals surface area contributed by atoms with Gasteiger partial charge >= 0.3 is 0 Å². The monoisotopic (exact) mass is 381 g/mol. The van der Waals surface area contributed by atoms with Crippen molar-refractivity contribution in [2.24, 2.45) is 0 Å². The zero-order valence-corrected chi connectivity index (χ0v) is 16.1. The van der Waals surface area contributed by atoms with Crippen LogP contribution in [-0.4, -0.2) is 38.3 Å². The van der Waals surface area contributed by atoms with Crippen molar-refractivity contribution in [3.05, 3.63) is 54.5 Å². The van der Waals surface area contributed by atoms with Gasteiger partial charge in [-0.15, -0.1) is 0 Å². The molecule has 0 unspecified atom stereocenters. The Labute approximate surface area is 164 Å². The van der Waals surface area contributed by atoms with Crippen molar-refractivity contribution in [3.63, 3.8) is 0 Å². The van der Waals surface area contributed by atoms with Gasteiger partial charge in [-0.2, -0.15) is 0 Å². The molecule has 6 heteroatoms. The lowest BCUT2D eigenvalue weighted by atomic mass is 10.0. The highest BCUT2D eigenvalue weighted by Gasteiger charge is 2.21. The van der Waals surface area contributed by atoms with Gasteiger partial charge in [-0.05, 0) is 31.0 Å². The lowest BCUT2D eigenvalue weighted by molar-refractivity contribution is 0.394. The molecule has 0 radical (unpaired) electrons.